The van der Waals surface area contributed by atoms with E-state index >= 15 is 0 Å². The molecule has 0 unspecified atom stereocenters. The maximum Gasteiger partial charge on any atom is 0.150 e. The molecule has 0 aliphatic heterocycles. The first-order chi connectivity index (χ1) is 14.3. The Bertz CT molecular complexity index is 1570. The molecule has 0 saturated heterocycles. The number of fused-ring (bicyclic) bond motifs is 6. The van der Waals surface area contributed by atoms with E-state index in [1.807, 2.05) is 12.1 Å². The molecule has 6 rings (SSSR count). The van der Waals surface area contributed by atoms with Gasteiger partial charge in [-0.1, -0.05) is 66.7 Å². The van der Waals surface area contributed by atoms with Gasteiger partial charge in [0.15, 0.2) is 0 Å². The molecule has 0 amide bonds. The number of hydrogen-bond donors (Lipinski definition) is 0. The molecule has 0 aliphatic carbocycles. The third-order valence-electron chi connectivity index (χ3n) is 5.82. The second kappa shape index (κ2) is 6.05. The molecular weight excluding hydrogens is 354 g/mol. The van der Waals surface area contributed by atoms with Crippen molar-refractivity contribution in [2.24, 2.45) is 0 Å². The largest absolute Gasteiger partial charge is 0.309 e. The zero-order valence-corrected chi connectivity index (χ0v) is 15.7. The lowest BCUT2D eigenvalue weighted by Crippen LogP contribution is -1.96. The molecule has 136 valence electrons. The number of aldehydes is 1. The molecule has 0 aliphatic rings. The highest BCUT2D eigenvalue weighted by Gasteiger charge is 2.15. The first-order valence-corrected chi connectivity index (χ1v) is 9.74. The number of rotatable bonds is 2. The van der Waals surface area contributed by atoms with E-state index in [1.165, 1.54) is 21.5 Å². The topological polar surface area (TPSA) is 22.0 Å². The van der Waals surface area contributed by atoms with Crippen molar-refractivity contribution in [1.82, 2.24) is 4.57 Å². The molecule has 2 nitrogen and oxygen atoms in total. The molecule has 0 N–H and O–H groups in total. The third-order valence-corrected chi connectivity index (χ3v) is 5.82. The van der Waals surface area contributed by atoms with Gasteiger partial charge < -0.3 is 4.57 Å². The van der Waals surface area contributed by atoms with Crippen molar-refractivity contribution < 1.29 is 4.79 Å². The molecule has 1 heterocycles. The minimum Gasteiger partial charge on any atom is -0.309 e. The summed E-state index contributed by atoms with van der Waals surface area (Å²) >= 11 is 0. The van der Waals surface area contributed by atoms with Gasteiger partial charge in [0.2, 0.25) is 0 Å². The highest BCUT2D eigenvalue weighted by atomic mass is 16.1. The van der Waals surface area contributed by atoms with Gasteiger partial charge in [-0.3, -0.25) is 4.79 Å². The summed E-state index contributed by atoms with van der Waals surface area (Å²) in [5.74, 6) is 0. The van der Waals surface area contributed by atoms with Crippen molar-refractivity contribution in [3.63, 3.8) is 0 Å². The van der Waals surface area contributed by atoms with Crippen molar-refractivity contribution in [3.8, 4) is 5.69 Å². The van der Waals surface area contributed by atoms with Crippen LogP contribution in [0, 0.1) is 0 Å². The summed E-state index contributed by atoms with van der Waals surface area (Å²) in [6.45, 7) is 0. The van der Waals surface area contributed by atoms with E-state index < -0.39 is 0 Å². The second-order valence-corrected chi connectivity index (χ2v) is 7.41. The summed E-state index contributed by atoms with van der Waals surface area (Å²) in [4.78, 5) is 11.4. The summed E-state index contributed by atoms with van der Waals surface area (Å²) in [5.41, 5.74) is 4.11. The number of benzene rings is 5. The van der Waals surface area contributed by atoms with Gasteiger partial charge in [0.25, 0.3) is 0 Å². The average molecular weight is 371 g/mol. The summed E-state index contributed by atoms with van der Waals surface area (Å²) < 4.78 is 2.33. The van der Waals surface area contributed by atoms with Crippen LogP contribution < -0.4 is 0 Å². The number of para-hydroxylation sites is 1. The van der Waals surface area contributed by atoms with E-state index in [9.17, 15) is 4.79 Å². The van der Waals surface area contributed by atoms with Crippen LogP contribution in [0.1, 0.15) is 10.4 Å². The highest BCUT2D eigenvalue weighted by molar-refractivity contribution is 6.15. The number of carbonyl (C=O) groups excluding carboxylic acids is 1. The van der Waals surface area contributed by atoms with Gasteiger partial charge in [-0.15, -0.1) is 0 Å². The van der Waals surface area contributed by atoms with E-state index in [-0.39, 0.29) is 0 Å². The van der Waals surface area contributed by atoms with E-state index in [0.29, 0.717) is 5.56 Å². The molecule has 0 radical (unpaired) electrons. The lowest BCUT2D eigenvalue weighted by Gasteiger charge is -2.14. The first-order valence-electron chi connectivity index (χ1n) is 9.74. The number of hydrogen-bond acceptors (Lipinski definition) is 1. The van der Waals surface area contributed by atoms with Gasteiger partial charge in [-0.2, -0.15) is 0 Å². The Hall–Kier alpha value is -3.91. The fraction of sp³-hybridized carbons (Fsp3) is 0. The van der Waals surface area contributed by atoms with E-state index in [0.717, 1.165) is 33.8 Å². The van der Waals surface area contributed by atoms with Crippen LogP contribution in [-0.2, 0) is 0 Å². The summed E-state index contributed by atoms with van der Waals surface area (Å²) in [6.07, 6.45) is 0.914. The van der Waals surface area contributed by atoms with Crippen LogP contribution in [0.5, 0.6) is 0 Å². The van der Waals surface area contributed by atoms with Crippen molar-refractivity contribution in [3.05, 3.63) is 103 Å². The molecule has 2 heteroatoms. The Kier molecular flexibility index (Phi) is 3.35. The zero-order valence-electron chi connectivity index (χ0n) is 15.7. The Balaban J connectivity index is 1.85. The molecule has 0 spiro atoms. The van der Waals surface area contributed by atoms with Gasteiger partial charge in [0.05, 0.1) is 16.7 Å². The van der Waals surface area contributed by atoms with Gasteiger partial charge in [0.1, 0.15) is 6.29 Å². The maximum absolute atomic E-state index is 11.4. The van der Waals surface area contributed by atoms with Crippen LogP contribution in [0.15, 0.2) is 97.1 Å². The lowest BCUT2D eigenvalue weighted by atomic mass is 10.00. The molecule has 1 aromatic heterocycles. The standard InChI is InChI=1S/C27H17NO/c29-17-18-13-14-26-24(15-18)23-11-5-6-12-25(23)28(26)27-16-19-7-1-2-8-20(19)21-9-3-4-10-22(21)27/h1-17H. The van der Waals surface area contributed by atoms with Crippen LogP contribution in [0.3, 0.4) is 0 Å². The monoisotopic (exact) mass is 371 g/mol. The normalized spacial score (nSPS) is 11.6. The smallest absolute Gasteiger partial charge is 0.150 e. The zero-order chi connectivity index (χ0) is 19.4. The van der Waals surface area contributed by atoms with Gasteiger partial charge >= 0.3 is 0 Å². The van der Waals surface area contributed by atoms with Crippen molar-refractivity contribution in [2.45, 2.75) is 0 Å². The van der Waals surface area contributed by atoms with Gasteiger partial charge in [0, 0.05) is 21.7 Å². The Morgan fingerprint density at radius 2 is 1.21 bits per heavy atom. The van der Waals surface area contributed by atoms with Crippen LogP contribution in [0.25, 0.3) is 49.0 Å². The molecule has 29 heavy (non-hydrogen) atoms. The second-order valence-electron chi connectivity index (χ2n) is 7.41. The Morgan fingerprint density at radius 3 is 2.03 bits per heavy atom. The average Bonchev–Trinajstić information content (AvgIpc) is 3.12. The van der Waals surface area contributed by atoms with Crippen LogP contribution in [0.4, 0.5) is 0 Å². The predicted molar refractivity (Wildman–Crippen MR) is 121 cm³/mol. The highest BCUT2D eigenvalue weighted by Crippen LogP contribution is 2.37. The van der Waals surface area contributed by atoms with Gasteiger partial charge in [-0.25, -0.2) is 0 Å². The first kappa shape index (κ1) is 16.1. The molecular formula is C27H17NO. The molecule has 5 aromatic carbocycles. The summed E-state index contributed by atoms with van der Waals surface area (Å²) in [5, 5.41) is 7.20. The van der Waals surface area contributed by atoms with E-state index in [1.54, 1.807) is 0 Å². The predicted octanol–water partition coefficient (Wildman–Crippen LogP) is 6.90. The molecule has 0 fully saturated rings. The summed E-state index contributed by atoms with van der Waals surface area (Å²) in [6, 6.07) is 33.7. The minimum atomic E-state index is 0.698. The maximum atomic E-state index is 11.4. The third kappa shape index (κ3) is 2.26. The van der Waals surface area contributed by atoms with Crippen molar-refractivity contribution in [2.75, 3.05) is 0 Å². The SMILES string of the molecule is O=Cc1ccc2c(c1)c1ccccc1n2-c1cc2ccccc2c2ccccc12. The van der Waals surface area contributed by atoms with E-state index in [2.05, 4.69) is 89.5 Å². The fourth-order valence-electron chi connectivity index (χ4n) is 4.54. The van der Waals surface area contributed by atoms with Crippen LogP contribution >= 0.6 is 0 Å². The molecule has 0 saturated carbocycles. The quantitative estimate of drug-likeness (QED) is 0.240. The lowest BCUT2D eigenvalue weighted by molar-refractivity contribution is 0.112. The number of aromatic nitrogens is 1. The van der Waals surface area contributed by atoms with Crippen LogP contribution in [-0.4, -0.2) is 10.9 Å². The van der Waals surface area contributed by atoms with Crippen molar-refractivity contribution in [1.29, 1.82) is 0 Å². The van der Waals surface area contributed by atoms with Crippen molar-refractivity contribution >= 4 is 49.6 Å². The van der Waals surface area contributed by atoms with E-state index in [4.69, 9.17) is 0 Å². The number of nitrogens with zero attached hydrogens (tertiary/aromatic N) is 1. The Morgan fingerprint density at radius 1 is 0.552 bits per heavy atom. The fourth-order valence-corrected chi connectivity index (χ4v) is 4.54. The Labute approximate surface area is 167 Å². The number of carbonyl (C=O) groups is 1. The van der Waals surface area contributed by atoms with Gasteiger partial charge in [-0.05, 0) is 46.5 Å². The van der Waals surface area contributed by atoms with Crippen LogP contribution in [0.2, 0.25) is 0 Å². The molecule has 0 atom stereocenters. The minimum absolute atomic E-state index is 0.698. The molecule has 6 aromatic rings. The summed E-state index contributed by atoms with van der Waals surface area (Å²) in [7, 11) is 0. The molecule has 0 bridgehead atoms.